The van der Waals surface area contributed by atoms with E-state index in [1.807, 2.05) is 6.92 Å². The van der Waals surface area contributed by atoms with Crippen LogP contribution in [0.4, 0.5) is 0 Å². The largest absolute Gasteiger partial charge is 0.377 e. The van der Waals surface area contributed by atoms with Crippen molar-refractivity contribution in [3.05, 3.63) is 0 Å². The number of rotatable bonds is 8. The highest BCUT2D eigenvalue weighted by Crippen LogP contribution is 1.90. The van der Waals surface area contributed by atoms with E-state index in [4.69, 9.17) is 15.2 Å². The van der Waals surface area contributed by atoms with E-state index in [1.54, 1.807) is 0 Å². The molecule has 72 valence electrons. The van der Waals surface area contributed by atoms with Crippen LogP contribution in [0.1, 0.15) is 13.3 Å². The molecule has 0 aliphatic rings. The molecule has 1 unspecified atom stereocenters. The summed E-state index contributed by atoms with van der Waals surface area (Å²) in [6, 6.07) is 0. The van der Waals surface area contributed by atoms with Crippen molar-refractivity contribution in [1.29, 1.82) is 0 Å². The third kappa shape index (κ3) is 7.65. The van der Waals surface area contributed by atoms with Gasteiger partial charge in [0.05, 0.1) is 6.10 Å². The van der Waals surface area contributed by atoms with E-state index >= 15 is 0 Å². The highest BCUT2D eigenvalue weighted by Gasteiger charge is 1.96. The van der Waals surface area contributed by atoms with Crippen LogP contribution in [-0.2, 0) is 14.3 Å². The number of hydrogen-bond donors (Lipinski definition) is 1. The van der Waals surface area contributed by atoms with E-state index in [-0.39, 0.29) is 12.7 Å². The number of nitrogens with two attached hydrogens (primary N) is 1. The molecule has 0 amide bonds. The summed E-state index contributed by atoms with van der Waals surface area (Å²) < 4.78 is 10.2. The first-order valence-corrected chi connectivity index (χ1v) is 4.14. The molecule has 0 aromatic carbocycles. The molecule has 0 aliphatic carbocycles. The van der Waals surface area contributed by atoms with Crippen LogP contribution in [-0.4, -0.2) is 38.8 Å². The van der Waals surface area contributed by atoms with Gasteiger partial charge in [-0.05, 0) is 13.3 Å². The summed E-state index contributed by atoms with van der Waals surface area (Å²) in [6.07, 6.45) is 1.65. The second-order valence-electron chi connectivity index (χ2n) is 2.51. The highest BCUT2D eigenvalue weighted by atomic mass is 16.5. The molecule has 0 spiro atoms. The molecular formula is C8H17NO3. The zero-order valence-corrected chi connectivity index (χ0v) is 7.49. The van der Waals surface area contributed by atoms with E-state index in [1.165, 1.54) is 0 Å². The lowest BCUT2D eigenvalue weighted by Crippen LogP contribution is -2.20. The molecule has 0 saturated carbocycles. The third-order valence-electron chi connectivity index (χ3n) is 1.35. The van der Waals surface area contributed by atoms with E-state index in [0.717, 1.165) is 12.7 Å². The van der Waals surface area contributed by atoms with Crippen molar-refractivity contribution in [3.63, 3.8) is 0 Å². The van der Waals surface area contributed by atoms with Gasteiger partial charge in [0.15, 0.2) is 0 Å². The van der Waals surface area contributed by atoms with Crippen molar-refractivity contribution in [1.82, 2.24) is 0 Å². The quantitative estimate of drug-likeness (QED) is 0.415. The first-order chi connectivity index (χ1) is 5.81. The summed E-state index contributed by atoms with van der Waals surface area (Å²) in [7, 11) is 0. The summed E-state index contributed by atoms with van der Waals surface area (Å²) in [6.45, 7) is 3.83. The lowest BCUT2D eigenvalue weighted by molar-refractivity contribution is -0.112. The maximum atomic E-state index is 9.82. The summed E-state index contributed by atoms with van der Waals surface area (Å²) in [5.41, 5.74) is 5.33. The molecule has 0 fully saturated rings. The Morgan fingerprint density at radius 1 is 1.50 bits per heavy atom. The molecule has 4 heteroatoms. The van der Waals surface area contributed by atoms with E-state index in [2.05, 4.69) is 0 Å². The predicted octanol–water partition coefficient (Wildman–Crippen LogP) is -0.0442. The van der Waals surface area contributed by atoms with Gasteiger partial charge in [0.2, 0.25) is 0 Å². The number of aldehydes is 1. The fourth-order valence-electron chi connectivity index (χ4n) is 0.645. The van der Waals surface area contributed by atoms with Crippen LogP contribution in [0, 0.1) is 0 Å². The van der Waals surface area contributed by atoms with Crippen LogP contribution >= 0.6 is 0 Å². The molecule has 0 aromatic rings. The second kappa shape index (κ2) is 8.64. The Bertz CT molecular complexity index is 108. The Balaban J connectivity index is 2.95. The molecule has 2 N–H and O–H groups in total. The van der Waals surface area contributed by atoms with Crippen LogP contribution in [0.3, 0.4) is 0 Å². The summed E-state index contributed by atoms with van der Waals surface area (Å²) in [4.78, 5) is 9.82. The van der Waals surface area contributed by atoms with Crippen LogP contribution < -0.4 is 5.73 Å². The first-order valence-electron chi connectivity index (χ1n) is 4.14. The topological polar surface area (TPSA) is 61.6 Å². The monoisotopic (exact) mass is 175 g/mol. The first kappa shape index (κ1) is 11.6. The summed E-state index contributed by atoms with van der Waals surface area (Å²) in [5.74, 6) is 0. The van der Waals surface area contributed by atoms with Crippen molar-refractivity contribution in [2.24, 2.45) is 5.73 Å². The lowest BCUT2D eigenvalue weighted by atomic mass is 10.4. The fourth-order valence-corrected chi connectivity index (χ4v) is 0.645. The van der Waals surface area contributed by atoms with Crippen LogP contribution in [0.25, 0.3) is 0 Å². The number of ether oxygens (including phenoxy) is 2. The Morgan fingerprint density at radius 3 is 2.83 bits per heavy atom. The Morgan fingerprint density at radius 2 is 2.25 bits per heavy atom. The average Bonchev–Trinajstić information content (AvgIpc) is 2.10. The average molecular weight is 175 g/mol. The lowest BCUT2D eigenvalue weighted by Gasteiger charge is -2.09. The van der Waals surface area contributed by atoms with Gasteiger partial charge >= 0.3 is 0 Å². The van der Waals surface area contributed by atoms with Crippen molar-refractivity contribution < 1.29 is 14.3 Å². The minimum atomic E-state index is 0.107. The zero-order valence-electron chi connectivity index (χ0n) is 7.49. The molecule has 0 bridgehead atoms. The molecule has 0 heterocycles. The van der Waals surface area contributed by atoms with Gasteiger partial charge < -0.3 is 20.0 Å². The molecule has 0 radical (unpaired) electrons. The van der Waals surface area contributed by atoms with Crippen molar-refractivity contribution >= 4 is 6.29 Å². The maximum absolute atomic E-state index is 9.82. The molecule has 0 rings (SSSR count). The summed E-state index contributed by atoms with van der Waals surface area (Å²) in [5, 5.41) is 0. The van der Waals surface area contributed by atoms with Gasteiger partial charge in [-0.15, -0.1) is 0 Å². The predicted molar refractivity (Wildman–Crippen MR) is 46.0 cm³/mol. The van der Waals surface area contributed by atoms with Crippen molar-refractivity contribution in [2.75, 3.05) is 26.4 Å². The number of carbonyl (C=O) groups is 1. The highest BCUT2D eigenvalue weighted by molar-refractivity contribution is 5.50. The normalized spacial score (nSPS) is 12.8. The molecule has 12 heavy (non-hydrogen) atoms. The molecule has 4 nitrogen and oxygen atoms in total. The van der Waals surface area contributed by atoms with Crippen molar-refractivity contribution in [2.45, 2.75) is 19.4 Å². The Hall–Kier alpha value is -0.450. The molecular weight excluding hydrogens is 158 g/mol. The van der Waals surface area contributed by atoms with E-state index < -0.39 is 0 Å². The Labute approximate surface area is 73.0 Å². The number of carbonyl (C=O) groups excluding carboxylic acids is 1. The zero-order chi connectivity index (χ0) is 9.23. The molecule has 0 aliphatic heterocycles. The summed E-state index contributed by atoms with van der Waals surface area (Å²) >= 11 is 0. The maximum Gasteiger partial charge on any atom is 0.145 e. The smallest absolute Gasteiger partial charge is 0.145 e. The van der Waals surface area contributed by atoms with Gasteiger partial charge in [0.1, 0.15) is 12.9 Å². The van der Waals surface area contributed by atoms with Gasteiger partial charge in [-0.25, -0.2) is 0 Å². The fraction of sp³-hybridized carbons (Fsp3) is 0.875. The second-order valence-corrected chi connectivity index (χ2v) is 2.51. The van der Waals surface area contributed by atoms with Crippen LogP contribution in [0.2, 0.25) is 0 Å². The number of hydrogen-bond acceptors (Lipinski definition) is 4. The van der Waals surface area contributed by atoms with Gasteiger partial charge in [0, 0.05) is 19.8 Å². The van der Waals surface area contributed by atoms with E-state index in [0.29, 0.717) is 19.8 Å². The van der Waals surface area contributed by atoms with E-state index in [9.17, 15) is 4.79 Å². The van der Waals surface area contributed by atoms with Gasteiger partial charge in [-0.2, -0.15) is 0 Å². The minimum absolute atomic E-state index is 0.107. The van der Waals surface area contributed by atoms with Crippen LogP contribution in [0.15, 0.2) is 0 Å². The molecule has 0 aromatic heterocycles. The molecule has 0 saturated heterocycles. The van der Waals surface area contributed by atoms with Gasteiger partial charge in [-0.3, -0.25) is 0 Å². The van der Waals surface area contributed by atoms with Gasteiger partial charge in [-0.1, -0.05) is 0 Å². The van der Waals surface area contributed by atoms with Gasteiger partial charge in [0.25, 0.3) is 0 Å². The molecule has 1 atom stereocenters. The standard InChI is InChI=1S/C8H17NO3/c1-8(7-9)12-5-2-4-11-6-3-10/h3,8H,2,4-7,9H2,1H3. The Kier molecular flexibility index (Phi) is 8.32. The van der Waals surface area contributed by atoms with Crippen molar-refractivity contribution in [3.8, 4) is 0 Å². The minimum Gasteiger partial charge on any atom is -0.377 e. The SMILES string of the molecule is CC(CN)OCCCOCC=O. The van der Waals surface area contributed by atoms with Crippen LogP contribution in [0.5, 0.6) is 0 Å². The third-order valence-corrected chi connectivity index (χ3v) is 1.35.